The minimum atomic E-state index is -0.205. The monoisotopic (exact) mass is 352 g/mol. The number of carbonyl (C=O) groups excluding carboxylic acids is 2. The van der Waals surface area contributed by atoms with Crippen LogP contribution in [0.15, 0.2) is 53.5 Å². The Bertz CT molecular complexity index is 842. The highest BCUT2D eigenvalue weighted by Gasteiger charge is 2.28. The highest BCUT2D eigenvalue weighted by molar-refractivity contribution is 5.94. The molecule has 0 saturated carbocycles. The minimum absolute atomic E-state index is 0.108. The van der Waals surface area contributed by atoms with Crippen LogP contribution in [-0.2, 0) is 18.3 Å². The zero-order valence-electron chi connectivity index (χ0n) is 15.1. The molecule has 1 atom stereocenters. The van der Waals surface area contributed by atoms with E-state index in [-0.39, 0.29) is 23.2 Å². The van der Waals surface area contributed by atoms with Crippen LogP contribution in [0.4, 0.5) is 0 Å². The number of aromatic nitrogens is 1. The van der Waals surface area contributed by atoms with E-state index in [1.165, 1.54) is 10.6 Å². The summed E-state index contributed by atoms with van der Waals surface area (Å²) < 4.78 is 1.43. The molecule has 0 bridgehead atoms. The molecule has 2 heterocycles. The molecule has 1 aromatic carbocycles. The number of pyridine rings is 1. The molecule has 5 heteroatoms. The van der Waals surface area contributed by atoms with Crippen LogP contribution in [0, 0.1) is 5.92 Å². The Kier molecular flexibility index (Phi) is 5.66. The van der Waals surface area contributed by atoms with E-state index in [4.69, 9.17) is 0 Å². The van der Waals surface area contributed by atoms with E-state index in [2.05, 4.69) is 0 Å². The zero-order valence-corrected chi connectivity index (χ0v) is 15.1. The highest BCUT2D eigenvalue weighted by Crippen LogP contribution is 2.21. The third kappa shape index (κ3) is 4.28. The molecule has 1 fully saturated rings. The van der Waals surface area contributed by atoms with E-state index in [0.29, 0.717) is 25.1 Å². The van der Waals surface area contributed by atoms with Gasteiger partial charge < -0.3 is 9.47 Å². The molecule has 1 amide bonds. The van der Waals surface area contributed by atoms with Crippen LogP contribution in [0.25, 0.3) is 0 Å². The Labute approximate surface area is 153 Å². The number of hydrogen-bond acceptors (Lipinski definition) is 3. The lowest BCUT2D eigenvalue weighted by atomic mass is 9.90. The second-order valence-electron chi connectivity index (χ2n) is 6.91. The number of amides is 1. The molecule has 1 unspecified atom stereocenters. The van der Waals surface area contributed by atoms with Gasteiger partial charge in [-0.05, 0) is 30.9 Å². The predicted molar refractivity (Wildman–Crippen MR) is 100 cm³/mol. The first-order valence-corrected chi connectivity index (χ1v) is 9.07. The fourth-order valence-corrected chi connectivity index (χ4v) is 3.40. The van der Waals surface area contributed by atoms with Crippen LogP contribution in [0.3, 0.4) is 0 Å². The van der Waals surface area contributed by atoms with Gasteiger partial charge in [-0.15, -0.1) is 0 Å². The lowest BCUT2D eigenvalue weighted by Crippen LogP contribution is -2.42. The Morgan fingerprint density at radius 1 is 1.15 bits per heavy atom. The van der Waals surface area contributed by atoms with E-state index in [1.54, 1.807) is 24.2 Å². The maximum Gasteiger partial charge on any atom is 0.254 e. The Hall–Kier alpha value is -2.69. The number of ketones is 1. The molecule has 3 rings (SSSR count). The average Bonchev–Trinajstić information content (AvgIpc) is 2.68. The first-order valence-electron chi connectivity index (χ1n) is 9.07. The van der Waals surface area contributed by atoms with Gasteiger partial charge in [-0.3, -0.25) is 14.4 Å². The maximum absolute atomic E-state index is 12.7. The number of hydrogen-bond donors (Lipinski definition) is 0. The van der Waals surface area contributed by atoms with E-state index in [1.807, 2.05) is 30.3 Å². The Morgan fingerprint density at radius 2 is 1.92 bits per heavy atom. The van der Waals surface area contributed by atoms with Crippen LogP contribution in [0.2, 0.25) is 0 Å². The molecular weight excluding hydrogens is 328 g/mol. The van der Waals surface area contributed by atoms with Crippen molar-refractivity contribution >= 4 is 11.7 Å². The fraction of sp³-hybridized carbons (Fsp3) is 0.381. The second-order valence-corrected chi connectivity index (χ2v) is 6.91. The van der Waals surface area contributed by atoms with E-state index in [0.717, 1.165) is 24.8 Å². The van der Waals surface area contributed by atoms with Crippen molar-refractivity contribution in [3.8, 4) is 0 Å². The van der Waals surface area contributed by atoms with Gasteiger partial charge in [-0.1, -0.05) is 30.3 Å². The fourth-order valence-electron chi connectivity index (χ4n) is 3.40. The molecule has 1 aromatic heterocycles. The number of Topliss-reactive ketones (excluding diaryl/α,β-unsaturated/α-hetero) is 1. The van der Waals surface area contributed by atoms with Gasteiger partial charge in [0.2, 0.25) is 0 Å². The normalized spacial score (nSPS) is 17.1. The van der Waals surface area contributed by atoms with Gasteiger partial charge in [-0.2, -0.15) is 0 Å². The van der Waals surface area contributed by atoms with Crippen molar-refractivity contribution in [2.45, 2.75) is 25.7 Å². The summed E-state index contributed by atoms with van der Waals surface area (Å²) in [6.45, 7) is 1.08. The highest BCUT2D eigenvalue weighted by atomic mass is 16.2. The summed E-state index contributed by atoms with van der Waals surface area (Å²) in [6, 6.07) is 13.0. The van der Waals surface area contributed by atoms with Crippen molar-refractivity contribution < 1.29 is 9.59 Å². The minimum Gasteiger partial charge on any atom is -0.338 e. The van der Waals surface area contributed by atoms with Crippen molar-refractivity contribution in [3.63, 3.8) is 0 Å². The first kappa shape index (κ1) is 18.1. The third-order valence-corrected chi connectivity index (χ3v) is 5.02. The summed E-state index contributed by atoms with van der Waals surface area (Å²) in [4.78, 5) is 38.7. The molecule has 0 N–H and O–H groups in total. The number of benzene rings is 1. The molecule has 1 aliphatic heterocycles. The van der Waals surface area contributed by atoms with Gasteiger partial charge in [0.05, 0.1) is 0 Å². The van der Waals surface area contributed by atoms with Gasteiger partial charge in [0.1, 0.15) is 5.78 Å². The molecule has 26 heavy (non-hydrogen) atoms. The van der Waals surface area contributed by atoms with Crippen molar-refractivity contribution in [1.82, 2.24) is 9.47 Å². The molecule has 0 radical (unpaired) electrons. The smallest absolute Gasteiger partial charge is 0.254 e. The SMILES string of the molecule is Cn1ccc(C(=O)N2CCCC(C(=O)CCc3ccccc3)C2)cc1=O. The predicted octanol–water partition coefficient (Wildman–Crippen LogP) is 2.44. The number of nitrogens with zero attached hydrogens (tertiary/aromatic N) is 2. The summed E-state index contributed by atoms with van der Waals surface area (Å²) in [6.07, 6.45) is 4.48. The number of carbonyl (C=O) groups is 2. The molecule has 136 valence electrons. The van der Waals surface area contributed by atoms with Crippen molar-refractivity contribution in [2.24, 2.45) is 13.0 Å². The zero-order chi connectivity index (χ0) is 18.5. The standard InChI is InChI=1S/C21H24N2O3/c1-22-13-11-17(14-20(22)25)21(26)23-12-5-8-18(15-23)19(24)10-9-16-6-3-2-4-7-16/h2-4,6-7,11,13-14,18H,5,8-10,12,15H2,1H3. The topological polar surface area (TPSA) is 59.4 Å². The summed E-state index contributed by atoms with van der Waals surface area (Å²) >= 11 is 0. The molecule has 1 aliphatic rings. The number of piperidine rings is 1. The lowest BCUT2D eigenvalue weighted by molar-refractivity contribution is -0.124. The van der Waals surface area contributed by atoms with Crippen molar-refractivity contribution in [1.29, 1.82) is 0 Å². The largest absolute Gasteiger partial charge is 0.338 e. The Morgan fingerprint density at radius 3 is 2.65 bits per heavy atom. The molecule has 0 spiro atoms. The van der Waals surface area contributed by atoms with Gasteiger partial charge >= 0.3 is 0 Å². The van der Waals surface area contributed by atoms with Crippen molar-refractivity contribution in [3.05, 3.63) is 70.1 Å². The summed E-state index contributed by atoms with van der Waals surface area (Å²) in [7, 11) is 1.65. The van der Waals surface area contributed by atoms with Crippen LogP contribution >= 0.6 is 0 Å². The first-order chi connectivity index (χ1) is 12.5. The molecule has 5 nitrogen and oxygen atoms in total. The number of rotatable bonds is 5. The third-order valence-electron chi connectivity index (χ3n) is 5.02. The maximum atomic E-state index is 12.7. The summed E-state index contributed by atoms with van der Waals surface area (Å²) in [5.41, 5.74) is 1.35. The molecular formula is C21H24N2O3. The lowest BCUT2D eigenvalue weighted by Gasteiger charge is -2.32. The van der Waals surface area contributed by atoms with Crippen molar-refractivity contribution in [2.75, 3.05) is 13.1 Å². The molecule has 1 saturated heterocycles. The number of aryl methyl sites for hydroxylation is 2. The average molecular weight is 352 g/mol. The quantitative estimate of drug-likeness (QED) is 0.830. The van der Waals surface area contributed by atoms with Crippen LogP contribution in [0.5, 0.6) is 0 Å². The van der Waals surface area contributed by atoms with Crippen LogP contribution in [-0.4, -0.2) is 34.2 Å². The van der Waals surface area contributed by atoms with E-state index >= 15 is 0 Å². The second kappa shape index (κ2) is 8.13. The number of likely N-dealkylation sites (tertiary alicyclic amines) is 1. The summed E-state index contributed by atoms with van der Waals surface area (Å²) in [5, 5.41) is 0. The van der Waals surface area contributed by atoms with Gasteiger partial charge in [-0.25, -0.2) is 0 Å². The van der Waals surface area contributed by atoms with Gasteiger partial charge in [0, 0.05) is 50.3 Å². The van der Waals surface area contributed by atoms with Gasteiger partial charge in [0.25, 0.3) is 11.5 Å². The summed E-state index contributed by atoms with van der Waals surface area (Å²) in [5.74, 6) is -0.0541. The van der Waals surface area contributed by atoms with Gasteiger partial charge in [0.15, 0.2) is 0 Å². The molecule has 0 aliphatic carbocycles. The van der Waals surface area contributed by atoms with E-state index in [9.17, 15) is 14.4 Å². The van der Waals surface area contributed by atoms with E-state index < -0.39 is 0 Å². The Balaban J connectivity index is 1.61. The molecule has 2 aromatic rings. The van der Waals surface area contributed by atoms with Crippen LogP contribution in [0.1, 0.15) is 35.2 Å². The van der Waals surface area contributed by atoms with Crippen LogP contribution < -0.4 is 5.56 Å².